The summed E-state index contributed by atoms with van der Waals surface area (Å²) in [5.41, 5.74) is 0.747. The molecule has 2 rings (SSSR count). The molecule has 2 aromatic carbocycles. The van der Waals surface area contributed by atoms with Gasteiger partial charge in [-0.2, -0.15) is 9.57 Å². The van der Waals surface area contributed by atoms with Gasteiger partial charge < -0.3 is 5.32 Å². The molecular formula is C16H14ClN3O3S. The van der Waals surface area contributed by atoms with Crippen molar-refractivity contribution in [2.45, 2.75) is 4.90 Å². The van der Waals surface area contributed by atoms with E-state index in [1.807, 2.05) is 6.07 Å². The number of hydrogen-bond acceptors (Lipinski definition) is 4. The molecule has 0 heterocycles. The molecule has 1 N–H and O–H groups in total. The van der Waals surface area contributed by atoms with Gasteiger partial charge in [0.2, 0.25) is 15.9 Å². The van der Waals surface area contributed by atoms with E-state index in [1.165, 1.54) is 31.3 Å². The van der Waals surface area contributed by atoms with Crippen LogP contribution in [0.25, 0.3) is 0 Å². The Labute approximate surface area is 145 Å². The van der Waals surface area contributed by atoms with Gasteiger partial charge in [0.1, 0.15) is 0 Å². The number of likely N-dealkylation sites (N-methyl/N-ethyl adjacent to an activating group) is 1. The highest BCUT2D eigenvalue weighted by Crippen LogP contribution is 2.16. The summed E-state index contributed by atoms with van der Waals surface area (Å²) in [7, 11) is -2.56. The van der Waals surface area contributed by atoms with Crippen molar-refractivity contribution in [3.05, 3.63) is 59.1 Å². The standard InChI is InChI=1S/C16H14ClN3O3S/c1-20(11-16(21)19-14-7-5-13(17)6-8-14)24(22,23)15-4-2-3-12(9-15)10-18/h2-9H,11H2,1H3,(H,19,21). The zero-order chi connectivity index (χ0) is 17.7. The molecule has 0 aliphatic heterocycles. The van der Waals surface area contributed by atoms with Gasteiger partial charge in [-0.3, -0.25) is 4.79 Å². The van der Waals surface area contributed by atoms with E-state index in [0.717, 1.165) is 4.31 Å². The summed E-state index contributed by atoms with van der Waals surface area (Å²) in [6.45, 7) is -0.359. The highest BCUT2D eigenvalue weighted by atomic mass is 35.5. The van der Waals surface area contributed by atoms with Gasteiger partial charge in [0.15, 0.2) is 0 Å². The quantitative estimate of drug-likeness (QED) is 0.883. The number of hydrogen-bond donors (Lipinski definition) is 1. The molecular weight excluding hydrogens is 350 g/mol. The van der Waals surface area contributed by atoms with Crippen LogP contribution in [0.15, 0.2) is 53.4 Å². The molecule has 0 aliphatic carbocycles. The van der Waals surface area contributed by atoms with Gasteiger partial charge in [-0.25, -0.2) is 8.42 Å². The third kappa shape index (κ3) is 4.32. The molecule has 0 aliphatic rings. The molecule has 0 saturated heterocycles. The van der Waals surface area contributed by atoms with Crippen LogP contribution in [-0.4, -0.2) is 32.2 Å². The highest BCUT2D eigenvalue weighted by Gasteiger charge is 2.23. The molecule has 124 valence electrons. The Balaban J connectivity index is 2.09. The van der Waals surface area contributed by atoms with Crippen LogP contribution in [0.4, 0.5) is 5.69 Å². The number of amides is 1. The smallest absolute Gasteiger partial charge is 0.243 e. The number of nitriles is 1. The second-order valence-electron chi connectivity index (χ2n) is 4.96. The SMILES string of the molecule is CN(CC(=O)Nc1ccc(Cl)cc1)S(=O)(=O)c1cccc(C#N)c1. The average Bonchev–Trinajstić information content (AvgIpc) is 2.56. The van der Waals surface area contributed by atoms with Gasteiger partial charge in [0.05, 0.1) is 23.1 Å². The average molecular weight is 364 g/mol. The lowest BCUT2D eigenvalue weighted by molar-refractivity contribution is -0.116. The summed E-state index contributed by atoms with van der Waals surface area (Å²) in [4.78, 5) is 12.0. The molecule has 0 atom stereocenters. The maximum absolute atomic E-state index is 12.5. The first-order valence-corrected chi connectivity index (χ1v) is 8.66. The molecule has 0 unspecified atom stereocenters. The summed E-state index contributed by atoms with van der Waals surface area (Å²) in [5.74, 6) is -0.486. The Kier molecular flexibility index (Phi) is 5.57. The Morgan fingerprint density at radius 3 is 2.54 bits per heavy atom. The van der Waals surface area contributed by atoms with E-state index in [2.05, 4.69) is 5.32 Å². The van der Waals surface area contributed by atoms with Gasteiger partial charge in [0, 0.05) is 17.8 Å². The molecule has 24 heavy (non-hydrogen) atoms. The van der Waals surface area contributed by atoms with Crippen molar-refractivity contribution in [1.82, 2.24) is 4.31 Å². The third-order valence-corrected chi connectivity index (χ3v) is 5.22. The van der Waals surface area contributed by atoms with Gasteiger partial charge in [0.25, 0.3) is 0 Å². The first-order chi connectivity index (χ1) is 11.3. The lowest BCUT2D eigenvalue weighted by atomic mass is 10.2. The van der Waals surface area contributed by atoms with Crippen LogP contribution < -0.4 is 5.32 Å². The second-order valence-corrected chi connectivity index (χ2v) is 7.44. The van der Waals surface area contributed by atoms with Gasteiger partial charge in [-0.1, -0.05) is 17.7 Å². The Hall–Kier alpha value is -2.40. The van der Waals surface area contributed by atoms with Crippen LogP contribution in [0.3, 0.4) is 0 Å². The van der Waals surface area contributed by atoms with Crippen LogP contribution >= 0.6 is 11.6 Å². The van der Waals surface area contributed by atoms with Crippen LogP contribution in [0, 0.1) is 11.3 Å². The molecule has 0 saturated carbocycles. The predicted octanol–water partition coefficient (Wildman–Crippen LogP) is 2.47. The minimum absolute atomic E-state index is 0.0386. The fourth-order valence-corrected chi connectivity index (χ4v) is 3.23. The Morgan fingerprint density at radius 2 is 1.92 bits per heavy atom. The van der Waals surface area contributed by atoms with Gasteiger partial charge >= 0.3 is 0 Å². The second kappa shape index (κ2) is 7.45. The monoisotopic (exact) mass is 363 g/mol. The summed E-state index contributed by atoms with van der Waals surface area (Å²) >= 11 is 5.76. The Bertz CT molecular complexity index is 890. The van der Waals surface area contributed by atoms with Crippen molar-refractivity contribution in [2.24, 2.45) is 0 Å². The molecule has 0 spiro atoms. The van der Waals surface area contributed by atoms with Gasteiger partial charge in [-0.05, 0) is 42.5 Å². The van der Waals surface area contributed by atoms with E-state index in [9.17, 15) is 13.2 Å². The number of nitrogens with one attached hydrogen (secondary N) is 1. The van der Waals surface area contributed by atoms with E-state index < -0.39 is 15.9 Å². The molecule has 1 amide bonds. The number of carbonyl (C=O) groups is 1. The summed E-state index contributed by atoms with van der Waals surface area (Å²) in [5, 5.41) is 12.0. The predicted molar refractivity (Wildman–Crippen MR) is 91.1 cm³/mol. The molecule has 0 bridgehead atoms. The molecule has 0 aromatic heterocycles. The number of nitrogens with zero attached hydrogens (tertiary/aromatic N) is 2. The summed E-state index contributed by atoms with van der Waals surface area (Å²) < 4.78 is 25.8. The largest absolute Gasteiger partial charge is 0.325 e. The van der Waals surface area contributed by atoms with E-state index >= 15 is 0 Å². The van der Waals surface area contributed by atoms with Crippen molar-refractivity contribution in [3.63, 3.8) is 0 Å². The topological polar surface area (TPSA) is 90.3 Å². The minimum Gasteiger partial charge on any atom is -0.325 e. The van der Waals surface area contributed by atoms with Crippen molar-refractivity contribution in [3.8, 4) is 6.07 Å². The maximum atomic E-state index is 12.5. The summed E-state index contributed by atoms with van der Waals surface area (Å²) in [6, 6.07) is 14.0. The lowest BCUT2D eigenvalue weighted by Gasteiger charge is -2.17. The molecule has 8 heteroatoms. The van der Waals surface area contributed by atoms with Gasteiger partial charge in [-0.15, -0.1) is 0 Å². The van der Waals surface area contributed by atoms with Crippen molar-refractivity contribution < 1.29 is 13.2 Å². The van der Waals surface area contributed by atoms with Crippen LogP contribution in [-0.2, 0) is 14.8 Å². The molecule has 0 fully saturated rings. The first kappa shape index (κ1) is 17.9. The van der Waals surface area contributed by atoms with E-state index in [0.29, 0.717) is 10.7 Å². The molecule has 2 aromatic rings. The van der Waals surface area contributed by atoms with Crippen molar-refractivity contribution in [2.75, 3.05) is 18.9 Å². The maximum Gasteiger partial charge on any atom is 0.243 e. The fraction of sp³-hybridized carbons (Fsp3) is 0.125. The lowest BCUT2D eigenvalue weighted by Crippen LogP contribution is -2.35. The fourth-order valence-electron chi connectivity index (χ4n) is 1.93. The number of rotatable bonds is 5. The number of halogens is 1. The number of sulfonamides is 1. The van der Waals surface area contributed by atoms with E-state index in [-0.39, 0.29) is 17.0 Å². The number of anilines is 1. The molecule has 0 radical (unpaired) electrons. The third-order valence-electron chi connectivity index (χ3n) is 3.17. The van der Waals surface area contributed by atoms with Crippen LogP contribution in [0.5, 0.6) is 0 Å². The minimum atomic E-state index is -3.87. The van der Waals surface area contributed by atoms with Crippen LogP contribution in [0.1, 0.15) is 5.56 Å². The Morgan fingerprint density at radius 1 is 1.25 bits per heavy atom. The van der Waals surface area contributed by atoms with E-state index in [4.69, 9.17) is 16.9 Å². The zero-order valence-corrected chi connectivity index (χ0v) is 14.3. The highest BCUT2D eigenvalue weighted by molar-refractivity contribution is 7.89. The normalized spacial score (nSPS) is 11.1. The zero-order valence-electron chi connectivity index (χ0n) is 12.7. The first-order valence-electron chi connectivity index (χ1n) is 6.85. The number of benzene rings is 2. The summed E-state index contributed by atoms with van der Waals surface area (Å²) in [6.07, 6.45) is 0. The van der Waals surface area contributed by atoms with E-state index in [1.54, 1.807) is 24.3 Å². The number of carbonyl (C=O) groups excluding carboxylic acids is 1. The van der Waals surface area contributed by atoms with Crippen molar-refractivity contribution in [1.29, 1.82) is 5.26 Å². The van der Waals surface area contributed by atoms with Crippen LogP contribution in [0.2, 0.25) is 5.02 Å². The van der Waals surface area contributed by atoms with Crippen molar-refractivity contribution >= 4 is 33.2 Å². The molecule has 6 nitrogen and oxygen atoms in total.